The number of rotatable bonds is 8. The van der Waals surface area contributed by atoms with Crippen LogP contribution in [0.2, 0.25) is 0 Å². The third-order valence-corrected chi connectivity index (χ3v) is 2.37. The van der Waals surface area contributed by atoms with Gasteiger partial charge in [-0.25, -0.2) is 9.18 Å². The Morgan fingerprint density at radius 3 is 2.74 bits per heavy atom. The standard InChI is InChI=1S/C14H17FO4/c1-18-8-2-3-9-19-13-6-4-11(10-12(13)15)5-7-14(16)17/h4-7,10H,2-3,8-9H2,1H3,(H,16,17)/b7-5+. The summed E-state index contributed by atoms with van der Waals surface area (Å²) in [5.41, 5.74) is 0.478. The van der Waals surface area contributed by atoms with Crippen LogP contribution in [0.1, 0.15) is 18.4 Å². The summed E-state index contributed by atoms with van der Waals surface area (Å²) in [6, 6.07) is 4.34. The van der Waals surface area contributed by atoms with Crippen molar-refractivity contribution < 1.29 is 23.8 Å². The maximum Gasteiger partial charge on any atom is 0.328 e. The smallest absolute Gasteiger partial charge is 0.328 e. The van der Waals surface area contributed by atoms with Gasteiger partial charge in [-0.3, -0.25) is 0 Å². The number of aliphatic carboxylic acids is 1. The fourth-order valence-electron chi connectivity index (χ4n) is 1.44. The van der Waals surface area contributed by atoms with Gasteiger partial charge in [0.15, 0.2) is 11.6 Å². The minimum absolute atomic E-state index is 0.171. The van der Waals surface area contributed by atoms with Crippen LogP contribution >= 0.6 is 0 Å². The molecule has 4 nitrogen and oxygen atoms in total. The molecule has 0 heterocycles. The number of halogens is 1. The Balaban J connectivity index is 2.50. The maximum absolute atomic E-state index is 13.6. The van der Waals surface area contributed by atoms with Gasteiger partial charge in [-0.2, -0.15) is 0 Å². The van der Waals surface area contributed by atoms with E-state index >= 15 is 0 Å². The molecule has 0 spiro atoms. The average Bonchev–Trinajstić information content (AvgIpc) is 2.38. The third kappa shape index (κ3) is 6.01. The molecule has 0 saturated heterocycles. The van der Waals surface area contributed by atoms with Crippen molar-refractivity contribution in [1.82, 2.24) is 0 Å². The first-order valence-electron chi connectivity index (χ1n) is 5.96. The van der Waals surface area contributed by atoms with Crippen molar-refractivity contribution in [2.75, 3.05) is 20.3 Å². The van der Waals surface area contributed by atoms with Crippen LogP contribution in [-0.4, -0.2) is 31.4 Å². The van der Waals surface area contributed by atoms with Crippen LogP contribution in [0.15, 0.2) is 24.3 Å². The topological polar surface area (TPSA) is 55.8 Å². The van der Waals surface area contributed by atoms with Gasteiger partial charge in [0, 0.05) is 19.8 Å². The van der Waals surface area contributed by atoms with Gasteiger partial charge in [-0.15, -0.1) is 0 Å². The summed E-state index contributed by atoms with van der Waals surface area (Å²) in [4.78, 5) is 10.3. The Labute approximate surface area is 111 Å². The number of hydrogen-bond acceptors (Lipinski definition) is 3. The molecule has 0 aliphatic heterocycles. The Kier molecular flexibility index (Phi) is 6.60. The largest absolute Gasteiger partial charge is 0.491 e. The molecule has 1 N–H and O–H groups in total. The molecule has 0 bridgehead atoms. The van der Waals surface area contributed by atoms with Crippen molar-refractivity contribution in [2.45, 2.75) is 12.8 Å². The van der Waals surface area contributed by atoms with E-state index in [0.717, 1.165) is 18.9 Å². The van der Waals surface area contributed by atoms with Gasteiger partial charge in [0.25, 0.3) is 0 Å². The third-order valence-electron chi connectivity index (χ3n) is 2.37. The second-order valence-electron chi connectivity index (χ2n) is 3.91. The lowest BCUT2D eigenvalue weighted by Crippen LogP contribution is -2.01. The minimum atomic E-state index is -1.07. The molecule has 0 aliphatic rings. The van der Waals surface area contributed by atoms with Crippen LogP contribution in [0.3, 0.4) is 0 Å². The maximum atomic E-state index is 13.6. The first kappa shape index (κ1) is 15.2. The predicted octanol–water partition coefficient (Wildman–Crippen LogP) is 2.73. The number of carbonyl (C=O) groups is 1. The molecule has 0 fully saturated rings. The highest BCUT2D eigenvalue weighted by Crippen LogP contribution is 2.19. The van der Waals surface area contributed by atoms with Crippen LogP contribution < -0.4 is 4.74 Å². The van der Waals surface area contributed by atoms with Gasteiger partial charge in [-0.1, -0.05) is 6.07 Å². The first-order valence-corrected chi connectivity index (χ1v) is 5.96. The van der Waals surface area contributed by atoms with Crippen LogP contribution in [0.4, 0.5) is 4.39 Å². The van der Waals surface area contributed by atoms with Gasteiger partial charge in [-0.05, 0) is 36.6 Å². The lowest BCUT2D eigenvalue weighted by atomic mass is 10.2. The quantitative estimate of drug-likeness (QED) is 0.582. The minimum Gasteiger partial charge on any atom is -0.491 e. The van der Waals surface area contributed by atoms with Crippen molar-refractivity contribution in [2.24, 2.45) is 0 Å². The van der Waals surface area contributed by atoms with E-state index in [0.29, 0.717) is 18.8 Å². The number of ether oxygens (including phenoxy) is 2. The van der Waals surface area contributed by atoms with Gasteiger partial charge >= 0.3 is 5.97 Å². The molecule has 1 rings (SSSR count). The molecule has 0 saturated carbocycles. The summed E-state index contributed by atoms with van der Waals surface area (Å²) in [5.74, 6) is -1.40. The number of carboxylic acid groups (broad SMARTS) is 1. The molecule has 0 atom stereocenters. The fourth-order valence-corrected chi connectivity index (χ4v) is 1.44. The molecule has 0 unspecified atom stereocenters. The van der Waals surface area contributed by atoms with E-state index in [1.165, 1.54) is 18.2 Å². The number of unbranched alkanes of at least 4 members (excludes halogenated alkanes) is 1. The Morgan fingerprint density at radius 1 is 1.37 bits per heavy atom. The summed E-state index contributed by atoms with van der Waals surface area (Å²) < 4.78 is 23.8. The van der Waals surface area contributed by atoms with Crippen molar-refractivity contribution in [3.05, 3.63) is 35.7 Å². The Hall–Kier alpha value is -1.88. The molecule has 0 amide bonds. The molecule has 0 aliphatic carbocycles. The Bertz CT molecular complexity index is 443. The van der Waals surface area contributed by atoms with Crippen LogP contribution in [-0.2, 0) is 9.53 Å². The van der Waals surface area contributed by atoms with E-state index in [1.807, 2.05) is 0 Å². The summed E-state index contributed by atoms with van der Waals surface area (Å²) in [6.45, 7) is 1.08. The Morgan fingerprint density at radius 2 is 2.11 bits per heavy atom. The zero-order valence-electron chi connectivity index (χ0n) is 10.8. The van der Waals surface area contributed by atoms with Crippen molar-refractivity contribution >= 4 is 12.0 Å². The average molecular weight is 268 g/mol. The van der Waals surface area contributed by atoms with E-state index in [-0.39, 0.29) is 5.75 Å². The molecule has 0 radical (unpaired) electrons. The van der Waals surface area contributed by atoms with Crippen LogP contribution in [0.25, 0.3) is 6.08 Å². The zero-order valence-corrected chi connectivity index (χ0v) is 10.8. The molecular formula is C14H17FO4. The second-order valence-corrected chi connectivity index (χ2v) is 3.91. The SMILES string of the molecule is COCCCCOc1ccc(/C=C/C(=O)O)cc1F. The molecule has 0 aromatic heterocycles. The molecule has 19 heavy (non-hydrogen) atoms. The van der Waals surface area contributed by atoms with Gasteiger partial charge in [0.1, 0.15) is 0 Å². The van der Waals surface area contributed by atoms with E-state index < -0.39 is 11.8 Å². The molecular weight excluding hydrogens is 251 g/mol. The molecule has 1 aromatic carbocycles. The van der Waals surface area contributed by atoms with Crippen LogP contribution in [0, 0.1) is 5.82 Å². The molecule has 1 aromatic rings. The van der Waals surface area contributed by atoms with Gasteiger partial charge in [0.05, 0.1) is 6.61 Å². The predicted molar refractivity (Wildman–Crippen MR) is 69.7 cm³/mol. The van der Waals surface area contributed by atoms with E-state index in [1.54, 1.807) is 13.2 Å². The normalized spacial score (nSPS) is 10.8. The molecule has 104 valence electrons. The van der Waals surface area contributed by atoms with E-state index in [2.05, 4.69) is 0 Å². The lowest BCUT2D eigenvalue weighted by molar-refractivity contribution is -0.131. The highest BCUT2D eigenvalue weighted by Gasteiger charge is 2.03. The van der Waals surface area contributed by atoms with E-state index in [4.69, 9.17) is 14.6 Å². The molecule has 5 heteroatoms. The summed E-state index contributed by atoms with van der Waals surface area (Å²) in [6.07, 6.45) is 3.93. The number of methoxy groups -OCH3 is 1. The van der Waals surface area contributed by atoms with Gasteiger partial charge in [0.2, 0.25) is 0 Å². The lowest BCUT2D eigenvalue weighted by Gasteiger charge is -2.07. The first-order chi connectivity index (χ1) is 9.13. The van der Waals surface area contributed by atoms with Crippen LogP contribution in [0.5, 0.6) is 5.75 Å². The van der Waals surface area contributed by atoms with Crippen molar-refractivity contribution in [1.29, 1.82) is 0 Å². The highest BCUT2D eigenvalue weighted by atomic mass is 19.1. The summed E-state index contributed by atoms with van der Waals surface area (Å²) in [7, 11) is 1.63. The van der Waals surface area contributed by atoms with Crippen molar-refractivity contribution in [3.8, 4) is 5.75 Å². The highest BCUT2D eigenvalue weighted by molar-refractivity contribution is 5.85. The summed E-state index contributed by atoms with van der Waals surface area (Å²) >= 11 is 0. The van der Waals surface area contributed by atoms with E-state index in [9.17, 15) is 9.18 Å². The van der Waals surface area contributed by atoms with Crippen molar-refractivity contribution in [3.63, 3.8) is 0 Å². The fraction of sp³-hybridized carbons (Fsp3) is 0.357. The zero-order chi connectivity index (χ0) is 14.1. The van der Waals surface area contributed by atoms with Gasteiger partial charge < -0.3 is 14.6 Å². The number of carboxylic acids is 1. The number of benzene rings is 1. The second kappa shape index (κ2) is 8.26. The number of hydrogen-bond donors (Lipinski definition) is 1. The monoisotopic (exact) mass is 268 g/mol. The summed E-state index contributed by atoms with van der Waals surface area (Å²) in [5, 5.41) is 8.47.